The number of benzene rings is 4. The first-order chi connectivity index (χ1) is 19.8. The fraction of sp³-hybridized carbons (Fsp3) is 0.265. The first-order valence-corrected chi connectivity index (χ1v) is 14.1. The molecule has 0 radical (unpaired) electrons. The van der Waals surface area contributed by atoms with Crippen LogP contribution >= 0.6 is 11.6 Å². The topological polar surface area (TPSA) is 85.0 Å². The highest BCUT2D eigenvalue weighted by atomic mass is 35.5. The summed E-state index contributed by atoms with van der Waals surface area (Å²) in [6.45, 7) is 6.38. The van der Waals surface area contributed by atoms with Crippen molar-refractivity contribution in [1.29, 1.82) is 0 Å². The second kappa shape index (κ2) is 14.7. The highest BCUT2D eigenvalue weighted by Gasteiger charge is 2.19. The van der Waals surface area contributed by atoms with Crippen molar-refractivity contribution in [2.24, 2.45) is 5.73 Å². The van der Waals surface area contributed by atoms with Crippen LogP contribution in [0.3, 0.4) is 0 Å². The maximum atomic E-state index is 11.5. The lowest BCUT2D eigenvalue weighted by Crippen LogP contribution is -2.35. The van der Waals surface area contributed by atoms with Crippen molar-refractivity contribution < 1.29 is 19.4 Å². The lowest BCUT2D eigenvalue weighted by molar-refractivity contribution is -0.138. The molecule has 214 valence electrons. The van der Waals surface area contributed by atoms with E-state index >= 15 is 0 Å². The van der Waals surface area contributed by atoms with Gasteiger partial charge in [0.15, 0.2) is 0 Å². The number of carbonyl (C=O) groups is 1. The molecule has 0 saturated carbocycles. The van der Waals surface area contributed by atoms with E-state index in [1.165, 1.54) is 11.1 Å². The zero-order valence-electron chi connectivity index (χ0n) is 23.6. The van der Waals surface area contributed by atoms with Crippen molar-refractivity contribution in [1.82, 2.24) is 4.90 Å². The molecule has 0 amide bonds. The summed E-state index contributed by atoms with van der Waals surface area (Å²) in [5, 5.41) is 9.98. The molecule has 1 atom stereocenters. The Labute approximate surface area is 247 Å². The molecule has 0 heterocycles. The predicted molar refractivity (Wildman–Crippen MR) is 163 cm³/mol. The van der Waals surface area contributed by atoms with Gasteiger partial charge in [-0.15, -0.1) is 0 Å². The normalized spacial score (nSPS) is 11.8. The minimum absolute atomic E-state index is 0.283. The third kappa shape index (κ3) is 9.08. The van der Waals surface area contributed by atoms with Crippen LogP contribution in [0, 0.1) is 13.8 Å². The number of aliphatic carboxylic acids is 1. The van der Waals surface area contributed by atoms with Crippen LogP contribution in [0.15, 0.2) is 91.0 Å². The van der Waals surface area contributed by atoms with Gasteiger partial charge >= 0.3 is 5.97 Å². The highest BCUT2D eigenvalue weighted by Crippen LogP contribution is 2.30. The summed E-state index contributed by atoms with van der Waals surface area (Å²) in [6, 6.07) is 29.0. The average Bonchev–Trinajstić information content (AvgIpc) is 2.95. The van der Waals surface area contributed by atoms with Gasteiger partial charge in [0.2, 0.25) is 0 Å². The molecule has 0 fully saturated rings. The van der Waals surface area contributed by atoms with Crippen molar-refractivity contribution in [2.45, 2.75) is 52.6 Å². The Morgan fingerprint density at radius 1 is 0.829 bits per heavy atom. The van der Waals surface area contributed by atoms with Gasteiger partial charge in [0.25, 0.3) is 0 Å². The molecule has 0 aliphatic rings. The van der Waals surface area contributed by atoms with E-state index in [1.807, 2.05) is 66.7 Å². The first kappa shape index (κ1) is 30.1. The van der Waals surface area contributed by atoms with Gasteiger partial charge < -0.3 is 20.3 Å². The molecule has 0 aromatic heterocycles. The van der Waals surface area contributed by atoms with Gasteiger partial charge in [0.05, 0.1) is 0 Å². The summed E-state index contributed by atoms with van der Waals surface area (Å²) < 4.78 is 12.5. The van der Waals surface area contributed by atoms with Crippen molar-refractivity contribution in [3.05, 3.63) is 129 Å². The van der Waals surface area contributed by atoms with Gasteiger partial charge in [-0.2, -0.15) is 0 Å². The number of rotatable bonds is 14. The standard InChI is InChI=1S/C34H37ClN2O4/c1-24-8-5-10-26(18-24)22-40-32-14-4-3-12-28(32)20-37(17-16-31(36)34(38)39)21-29-30(35)13-7-15-33(29)41-23-27-11-6-9-25(2)19-27/h3-15,18-19,31H,16-17,20-23,36H2,1-2H3,(H,38,39)/t31-/m0/s1. The van der Waals surface area contributed by atoms with Gasteiger partial charge in [-0.25, -0.2) is 0 Å². The molecule has 0 aliphatic carbocycles. The average molecular weight is 573 g/mol. The Balaban J connectivity index is 1.55. The first-order valence-electron chi connectivity index (χ1n) is 13.7. The van der Waals surface area contributed by atoms with E-state index in [9.17, 15) is 9.90 Å². The number of nitrogens with zero attached hydrogens (tertiary/aromatic N) is 1. The molecule has 0 unspecified atom stereocenters. The van der Waals surface area contributed by atoms with Crippen LogP contribution in [0.4, 0.5) is 0 Å². The second-order valence-corrected chi connectivity index (χ2v) is 10.7. The van der Waals surface area contributed by atoms with Gasteiger partial charge in [0.1, 0.15) is 30.8 Å². The summed E-state index contributed by atoms with van der Waals surface area (Å²) in [5.74, 6) is 0.443. The summed E-state index contributed by atoms with van der Waals surface area (Å²) in [6.07, 6.45) is 0.283. The molecule has 0 bridgehead atoms. The summed E-state index contributed by atoms with van der Waals surface area (Å²) in [7, 11) is 0. The van der Waals surface area contributed by atoms with Gasteiger partial charge in [0, 0.05) is 35.8 Å². The maximum Gasteiger partial charge on any atom is 0.320 e. The van der Waals surface area contributed by atoms with E-state index in [1.54, 1.807) is 0 Å². The fourth-order valence-corrected chi connectivity index (χ4v) is 4.88. The molecule has 0 spiro atoms. The van der Waals surface area contributed by atoms with E-state index in [-0.39, 0.29) is 6.42 Å². The Hall–Kier alpha value is -3.84. The minimum Gasteiger partial charge on any atom is -0.489 e. The number of carboxylic acid groups (broad SMARTS) is 1. The number of halogens is 1. The van der Waals surface area contributed by atoms with Crippen LogP contribution in [-0.2, 0) is 31.1 Å². The Bertz CT molecular complexity index is 1460. The van der Waals surface area contributed by atoms with Crippen molar-refractivity contribution >= 4 is 17.6 Å². The molecule has 4 aromatic rings. The van der Waals surface area contributed by atoms with Crippen molar-refractivity contribution in [2.75, 3.05) is 6.54 Å². The minimum atomic E-state index is -1.02. The predicted octanol–water partition coefficient (Wildman–Crippen LogP) is 6.92. The Morgan fingerprint density at radius 3 is 2.05 bits per heavy atom. The largest absolute Gasteiger partial charge is 0.489 e. The zero-order chi connectivity index (χ0) is 29.2. The van der Waals surface area contributed by atoms with E-state index in [2.05, 4.69) is 43.0 Å². The van der Waals surface area contributed by atoms with E-state index < -0.39 is 12.0 Å². The summed E-state index contributed by atoms with van der Waals surface area (Å²) in [4.78, 5) is 13.6. The molecular formula is C34H37ClN2O4. The van der Waals surface area contributed by atoms with Crippen LogP contribution in [0.5, 0.6) is 11.5 Å². The molecule has 0 aliphatic heterocycles. The third-order valence-corrected chi connectivity index (χ3v) is 7.21. The van der Waals surface area contributed by atoms with Crippen LogP contribution in [0.1, 0.15) is 39.8 Å². The molecule has 4 rings (SSSR count). The number of hydrogen-bond donors (Lipinski definition) is 2. The monoisotopic (exact) mass is 572 g/mol. The van der Waals surface area contributed by atoms with Crippen LogP contribution in [0.25, 0.3) is 0 Å². The van der Waals surface area contributed by atoms with Crippen molar-refractivity contribution in [3.63, 3.8) is 0 Å². The fourth-order valence-electron chi connectivity index (χ4n) is 4.65. The van der Waals surface area contributed by atoms with Crippen molar-refractivity contribution in [3.8, 4) is 11.5 Å². The van der Waals surface area contributed by atoms with E-state index in [0.717, 1.165) is 28.0 Å². The third-order valence-electron chi connectivity index (χ3n) is 6.85. The zero-order valence-corrected chi connectivity index (χ0v) is 24.3. The smallest absolute Gasteiger partial charge is 0.320 e. The highest BCUT2D eigenvalue weighted by molar-refractivity contribution is 6.31. The van der Waals surface area contributed by atoms with Gasteiger partial charge in [-0.1, -0.05) is 95.5 Å². The quantitative estimate of drug-likeness (QED) is 0.171. The number of carboxylic acids is 1. The lowest BCUT2D eigenvalue weighted by Gasteiger charge is -2.26. The number of aryl methyl sites for hydroxylation is 2. The van der Waals surface area contributed by atoms with E-state index in [4.69, 9.17) is 26.8 Å². The lowest BCUT2D eigenvalue weighted by atomic mass is 10.1. The Morgan fingerprint density at radius 2 is 1.41 bits per heavy atom. The number of para-hydroxylation sites is 1. The van der Waals surface area contributed by atoms with Crippen LogP contribution < -0.4 is 15.2 Å². The maximum absolute atomic E-state index is 11.5. The number of hydrogen-bond acceptors (Lipinski definition) is 5. The summed E-state index contributed by atoms with van der Waals surface area (Å²) in [5.41, 5.74) is 12.2. The van der Waals surface area contributed by atoms with Gasteiger partial charge in [-0.3, -0.25) is 9.69 Å². The van der Waals surface area contributed by atoms with Crippen LogP contribution in [0.2, 0.25) is 5.02 Å². The molecule has 6 nitrogen and oxygen atoms in total. The number of nitrogens with two attached hydrogens (primary N) is 1. The second-order valence-electron chi connectivity index (χ2n) is 10.3. The summed E-state index contributed by atoms with van der Waals surface area (Å²) >= 11 is 6.71. The molecule has 41 heavy (non-hydrogen) atoms. The Kier molecular flexibility index (Phi) is 10.8. The molecule has 7 heteroatoms. The molecule has 3 N–H and O–H groups in total. The van der Waals surface area contributed by atoms with E-state index in [0.29, 0.717) is 43.6 Å². The molecular weight excluding hydrogens is 536 g/mol. The number of ether oxygens (including phenoxy) is 2. The van der Waals surface area contributed by atoms with Crippen LogP contribution in [-0.4, -0.2) is 28.6 Å². The van der Waals surface area contributed by atoms with Gasteiger partial charge in [-0.05, 0) is 49.6 Å². The molecule has 0 saturated heterocycles. The SMILES string of the molecule is Cc1cccc(COc2ccccc2CN(CC[C@H](N)C(=O)O)Cc2c(Cl)cccc2OCc2cccc(C)c2)c1. The molecule has 4 aromatic carbocycles.